The molecule has 142 valence electrons. The first kappa shape index (κ1) is 19.5. The second kappa shape index (κ2) is 7.43. The van der Waals surface area contributed by atoms with Gasteiger partial charge in [-0.2, -0.15) is 0 Å². The molecule has 1 unspecified atom stereocenters. The van der Waals surface area contributed by atoms with Crippen LogP contribution in [0.15, 0.2) is 53.4 Å². The molecule has 0 spiro atoms. The predicted octanol–water partition coefficient (Wildman–Crippen LogP) is 4.09. The van der Waals surface area contributed by atoms with Crippen LogP contribution in [0.25, 0.3) is 10.8 Å². The van der Waals surface area contributed by atoms with Crippen LogP contribution in [0.2, 0.25) is 0 Å². The zero-order valence-corrected chi connectivity index (χ0v) is 16.9. The van der Waals surface area contributed by atoms with Gasteiger partial charge >= 0.3 is 0 Å². The predicted molar refractivity (Wildman–Crippen MR) is 109 cm³/mol. The average molecular weight is 384 g/mol. The van der Waals surface area contributed by atoms with Crippen LogP contribution in [0.3, 0.4) is 0 Å². The van der Waals surface area contributed by atoms with E-state index in [0.29, 0.717) is 10.5 Å². The van der Waals surface area contributed by atoms with Gasteiger partial charge in [0.1, 0.15) is 0 Å². The summed E-state index contributed by atoms with van der Waals surface area (Å²) >= 11 is 0. The van der Waals surface area contributed by atoms with Gasteiger partial charge < -0.3 is 5.11 Å². The molecule has 0 aromatic heterocycles. The van der Waals surface area contributed by atoms with Crippen molar-refractivity contribution in [1.29, 1.82) is 0 Å². The van der Waals surface area contributed by atoms with Gasteiger partial charge in [-0.3, -0.25) is 0 Å². The van der Waals surface area contributed by atoms with Crippen molar-refractivity contribution in [3.8, 4) is 0 Å². The highest BCUT2D eigenvalue weighted by molar-refractivity contribution is 7.89. The third-order valence-corrected chi connectivity index (χ3v) is 6.91. The zero-order valence-electron chi connectivity index (χ0n) is 16.1. The van der Waals surface area contributed by atoms with Gasteiger partial charge in [-0.05, 0) is 66.3 Å². The smallest absolute Gasteiger partial charge is 0.241 e. The molecule has 1 atom stereocenters. The lowest BCUT2D eigenvalue weighted by molar-refractivity contribution is 0.183. The number of aliphatic hydroxyl groups is 1. The maximum absolute atomic E-state index is 13.0. The van der Waals surface area contributed by atoms with Crippen LogP contribution in [0, 0.1) is 27.7 Å². The van der Waals surface area contributed by atoms with E-state index in [0.717, 1.165) is 33.0 Å². The maximum atomic E-state index is 13.0. The molecule has 5 heteroatoms. The molecule has 3 rings (SSSR count). The van der Waals surface area contributed by atoms with Crippen molar-refractivity contribution in [2.75, 3.05) is 6.54 Å². The summed E-state index contributed by atoms with van der Waals surface area (Å²) in [5, 5.41) is 12.6. The van der Waals surface area contributed by atoms with Crippen molar-refractivity contribution in [2.45, 2.75) is 38.7 Å². The van der Waals surface area contributed by atoms with Crippen molar-refractivity contribution in [2.24, 2.45) is 0 Å². The number of nitrogens with one attached hydrogen (secondary N) is 1. The number of hydrogen-bond acceptors (Lipinski definition) is 3. The molecule has 0 aliphatic rings. The van der Waals surface area contributed by atoms with Crippen molar-refractivity contribution >= 4 is 20.8 Å². The number of benzene rings is 3. The molecule has 0 aliphatic carbocycles. The SMILES string of the molecule is Cc1cc(C)c(C)c(S(=O)(=O)NCC(O)c2cccc3ccccc23)c1C. The quantitative estimate of drug-likeness (QED) is 0.697. The molecule has 27 heavy (non-hydrogen) atoms. The topological polar surface area (TPSA) is 66.4 Å². The molecule has 0 aliphatic heterocycles. The van der Waals surface area contributed by atoms with Crippen LogP contribution >= 0.6 is 0 Å². The fourth-order valence-corrected chi connectivity index (χ4v) is 5.15. The van der Waals surface area contributed by atoms with Gasteiger partial charge in [-0.1, -0.05) is 48.5 Å². The molecule has 3 aromatic rings. The van der Waals surface area contributed by atoms with Gasteiger partial charge in [-0.15, -0.1) is 0 Å². The van der Waals surface area contributed by atoms with Gasteiger partial charge in [0.25, 0.3) is 0 Å². The van der Waals surface area contributed by atoms with Crippen LogP contribution in [0.5, 0.6) is 0 Å². The minimum absolute atomic E-state index is 0.0811. The van der Waals surface area contributed by atoms with Gasteiger partial charge in [0.15, 0.2) is 0 Å². The molecular weight excluding hydrogens is 358 g/mol. The van der Waals surface area contributed by atoms with Crippen molar-refractivity contribution < 1.29 is 13.5 Å². The molecule has 0 bridgehead atoms. The minimum atomic E-state index is -3.73. The van der Waals surface area contributed by atoms with Crippen molar-refractivity contribution in [1.82, 2.24) is 4.72 Å². The van der Waals surface area contributed by atoms with Crippen LogP contribution in [0.1, 0.15) is 33.9 Å². The first-order valence-electron chi connectivity index (χ1n) is 8.95. The summed E-state index contributed by atoms with van der Waals surface area (Å²) < 4.78 is 28.5. The second-order valence-electron chi connectivity index (χ2n) is 7.03. The van der Waals surface area contributed by atoms with Crippen LogP contribution < -0.4 is 4.72 Å². The summed E-state index contributed by atoms with van der Waals surface area (Å²) in [5.41, 5.74) is 4.07. The number of hydrogen-bond donors (Lipinski definition) is 2. The standard InChI is InChI=1S/C22H25NO3S/c1-14-12-15(2)17(4)22(16(14)3)27(25,26)23-13-21(24)20-11-7-9-18-8-5-6-10-19(18)20/h5-12,21,23-24H,13H2,1-4H3. The summed E-state index contributed by atoms with van der Waals surface area (Å²) in [4.78, 5) is 0.310. The van der Waals surface area contributed by atoms with Crippen LogP contribution in [0.4, 0.5) is 0 Å². The van der Waals surface area contributed by atoms with E-state index >= 15 is 0 Å². The number of sulfonamides is 1. The molecule has 0 saturated carbocycles. The zero-order chi connectivity index (χ0) is 19.8. The lowest BCUT2D eigenvalue weighted by Gasteiger charge is -2.18. The molecule has 0 saturated heterocycles. The summed E-state index contributed by atoms with van der Waals surface area (Å²) in [7, 11) is -3.73. The number of fused-ring (bicyclic) bond motifs is 1. The Kier molecular flexibility index (Phi) is 5.38. The molecule has 0 heterocycles. The molecule has 0 amide bonds. The first-order valence-corrected chi connectivity index (χ1v) is 10.4. The van der Waals surface area contributed by atoms with E-state index in [-0.39, 0.29) is 6.54 Å². The Labute approximate surface area is 160 Å². The van der Waals surface area contributed by atoms with E-state index in [1.807, 2.05) is 76.2 Å². The lowest BCUT2D eigenvalue weighted by atomic mass is 10.0. The molecular formula is C22H25NO3S. The fraction of sp³-hybridized carbons (Fsp3) is 0.273. The van der Waals surface area contributed by atoms with Crippen LogP contribution in [-0.4, -0.2) is 20.1 Å². The number of rotatable bonds is 5. The second-order valence-corrected chi connectivity index (χ2v) is 8.73. The van der Waals surface area contributed by atoms with E-state index < -0.39 is 16.1 Å². The van der Waals surface area contributed by atoms with E-state index in [1.54, 1.807) is 0 Å². The Morgan fingerprint density at radius 1 is 0.926 bits per heavy atom. The van der Waals surface area contributed by atoms with Crippen molar-refractivity contribution in [3.63, 3.8) is 0 Å². The van der Waals surface area contributed by atoms with Crippen LogP contribution in [-0.2, 0) is 10.0 Å². The minimum Gasteiger partial charge on any atom is -0.387 e. The summed E-state index contributed by atoms with van der Waals surface area (Å²) in [5.74, 6) is 0. The number of aryl methyl sites for hydroxylation is 2. The summed E-state index contributed by atoms with van der Waals surface area (Å²) in [6.07, 6.45) is -0.933. The Hall–Kier alpha value is -2.21. The number of aliphatic hydroxyl groups excluding tert-OH is 1. The molecule has 4 nitrogen and oxygen atoms in total. The Bertz CT molecular complexity index is 1070. The average Bonchev–Trinajstić information content (AvgIpc) is 2.64. The monoisotopic (exact) mass is 383 g/mol. The largest absolute Gasteiger partial charge is 0.387 e. The third-order valence-electron chi connectivity index (χ3n) is 5.22. The van der Waals surface area contributed by atoms with E-state index in [1.165, 1.54) is 0 Å². The highest BCUT2D eigenvalue weighted by Crippen LogP contribution is 2.27. The van der Waals surface area contributed by atoms with Gasteiger partial charge in [-0.25, -0.2) is 13.1 Å². The Balaban J connectivity index is 1.90. The Morgan fingerprint density at radius 3 is 2.19 bits per heavy atom. The summed E-state index contributed by atoms with van der Waals surface area (Å²) in [6.45, 7) is 7.37. The molecule has 0 radical (unpaired) electrons. The Morgan fingerprint density at radius 2 is 1.52 bits per heavy atom. The molecule has 3 aromatic carbocycles. The first-order chi connectivity index (χ1) is 12.7. The van der Waals surface area contributed by atoms with E-state index in [9.17, 15) is 13.5 Å². The maximum Gasteiger partial charge on any atom is 0.241 e. The highest BCUT2D eigenvalue weighted by atomic mass is 32.2. The fourth-order valence-electron chi connectivity index (χ4n) is 3.50. The lowest BCUT2D eigenvalue weighted by Crippen LogP contribution is -2.30. The molecule has 2 N–H and O–H groups in total. The van der Waals surface area contributed by atoms with Crippen molar-refractivity contribution in [3.05, 3.63) is 76.3 Å². The summed E-state index contributed by atoms with van der Waals surface area (Å²) in [6, 6.07) is 15.4. The van der Waals surface area contributed by atoms with E-state index in [4.69, 9.17) is 0 Å². The molecule has 0 fully saturated rings. The van der Waals surface area contributed by atoms with Gasteiger partial charge in [0, 0.05) is 6.54 Å². The highest BCUT2D eigenvalue weighted by Gasteiger charge is 2.23. The third kappa shape index (κ3) is 3.76. The van der Waals surface area contributed by atoms with Gasteiger partial charge in [0.2, 0.25) is 10.0 Å². The van der Waals surface area contributed by atoms with Gasteiger partial charge in [0.05, 0.1) is 11.0 Å². The normalized spacial score (nSPS) is 13.1. The van der Waals surface area contributed by atoms with E-state index in [2.05, 4.69) is 4.72 Å².